The number of likely N-dealkylation sites (tertiary alicyclic amines) is 1. The molecule has 2 fully saturated rings. The Morgan fingerprint density at radius 3 is 2.44 bits per heavy atom. The number of rotatable bonds is 6. The fourth-order valence-corrected chi connectivity index (χ4v) is 5.65. The number of nitrogens with zero attached hydrogens (tertiary/aromatic N) is 3. The van der Waals surface area contributed by atoms with Crippen LogP contribution in [0.5, 0.6) is 5.75 Å². The predicted octanol–water partition coefficient (Wildman–Crippen LogP) is 4.28. The van der Waals surface area contributed by atoms with Crippen molar-refractivity contribution >= 4 is 15.9 Å². The summed E-state index contributed by atoms with van der Waals surface area (Å²) in [5.41, 5.74) is 1.82. The molecule has 32 heavy (non-hydrogen) atoms. The van der Waals surface area contributed by atoms with Gasteiger partial charge < -0.3 is 4.74 Å². The van der Waals surface area contributed by atoms with Gasteiger partial charge in [0.2, 0.25) is 0 Å². The fraction of sp³-hybridized carbons (Fsp3) is 0.600. The summed E-state index contributed by atoms with van der Waals surface area (Å²) in [6, 6.07) is 7.90. The third-order valence-electron chi connectivity index (χ3n) is 7.25. The van der Waals surface area contributed by atoms with E-state index in [1.54, 1.807) is 17.7 Å². The highest BCUT2D eigenvalue weighted by Gasteiger charge is 2.23. The first-order valence-corrected chi connectivity index (χ1v) is 12.6. The minimum atomic E-state index is -0.155. The number of halogens is 1. The van der Waals surface area contributed by atoms with Crippen molar-refractivity contribution in [2.24, 2.45) is 13.0 Å². The molecule has 7 heteroatoms. The molecule has 0 N–H and O–H groups in total. The Labute approximate surface area is 198 Å². The molecule has 0 unspecified atom stereocenters. The Balaban J connectivity index is 1.39. The van der Waals surface area contributed by atoms with Crippen molar-refractivity contribution < 1.29 is 4.74 Å². The van der Waals surface area contributed by atoms with E-state index in [1.165, 1.54) is 16.6 Å². The zero-order valence-corrected chi connectivity index (χ0v) is 20.8. The van der Waals surface area contributed by atoms with Gasteiger partial charge in [0.15, 0.2) is 0 Å². The molecule has 1 saturated carbocycles. The SMILES string of the molecule is COc1ccc(Br)c(CC2CCN(Cc3cc(=O)n(C4CCCCC4)c(=O)n3C)CC2)c1. The van der Waals surface area contributed by atoms with Gasteiger partial charge in [-0.1, -0.05) is 35.2 Å². The van der Waals surface area contributed by atoms with Crippen molar-refractivity contribution in [1.82, 2.24) is 14.0 Å². The molecule has 1 aromatic heterocycles. The van der Waals surface area contributed by atoms with Gasteiger partial charge in [-0.05, 0) is 74.9 Å². The van der Waals surface area contributed by atoms with Crippen LogP contribution in [0.15, 0.2) is 38.3 Å². The summed E-state index contributed by atoms with van der Waals surface area (Å²) < 4.78 is 9.70. The van der Waals surface area contributed by atoms with E-state index in [0.29, 0.717) is 12.5 Å². The van der Waals surface area contributed by atoms with Gasteiger partial charge in [0.1, 0.15) is 5.75 Å². The number of benzene rings is 1. The van der Waals surface area contributed by atoms with Crippen molar-refractivity contribution in [3.8, 4) is 5.75 Å². The van der Waals surface area contributed by atoms with E-state index in [1.807, 2.05) is 13.1 Å². The van der Waals surface area contributed by atoms with Crippen LogP contribution in [-0.2, 0) is 20.0 Å². The summed E-state index contributed by atoms with van der Waals surface area (Å²) in [5, 5.41) is 0. The minimum absolute atomic E-state index is 0.0654. The number of hydrogen-bond acceptors (Lipinski definition) is 4. The molecule has 0 amide bonds. The van der Waals surface area contributed by atoms with Crippen LogP contribution in [0.2, 0.25) is 0 Å². The lowest BCUT2D eigenvalue weighted by Crippen LogP contribution is -2.44. The third kappa shape index (κ3) is 5.20. The summed E-state index contributed by atoms with van der Waals surface area (Å²) in [5.74, 6) is 1.52. The second-order valence-corrected chi connectivity index (χ2v) is 10.2. The molecule has 1 aliphatic carbocycles. The first kappa shape index (κ1) is 23.3. The molecule has 0 bridgehead atoms. The predicted molar refractivity (Wildman–Crippen MR) is 130 cm³/mol. The maximum absolute atomic E-state index is 13.0. The molecule has 4 rings (SSSR count). The first-order valence-electron chi connectivity index (χ1n) is 11.8. The maximum atomic E-state index is 13.0. The molecule has 2 aromatic rings. The number of hydrogen-bond donors (Lipinski definition) is 0. The number of methoxy groups -OCH3 is 1. The smallest absolute Gasteiger partial charge is 0.331 e. The van der Waals surface area contributed by atoms with Gasteiger partial charge in [-0.15, -0.1) is 0 Å². The van der Waals surface area contributed by atoms with E-state index < -0.39 is 0 Å². The third-order valence-corrected chi connectivity index (χ3v) is 8.02. The van der Waals surface area contributed by atoms with Crippen LogP contribution in [0.4, 0.5) is 0 Å². The average Bonchev–Trinajstić information content (AvgIpc) is 2.81. The van der Waals surface area contributed by atoms with Gasteiger partial charge in [-0.2, -0.15) is 0 Å². The molecule has 2 aliphatic rings. The summed E-state index contributed by atoms with van der Waals surface area (Å²) in [4.78, 5) is 28.2. The highest BCUT2D eigenvalue weighted by Crippen LogP contribution is 2.29. The molecule has 0 spiro atoms. The van der Waals surface area contributed by atoms with Crippen LogP contribution in [0.3, 0.4) is 0 Å². The molecular weight excluding hydrogens is 470 g/mol. The van der Waals surface area contributed by atoms with Crippen molar-refractivity contribution in [3.63, 3.8) is 0 Å². The Hall–Kier alpha value is -1.86. The minimum Gasteiger partial charge on any atom is -0.497 e. The van der Waals surface area contributed by atoms with Crippen LogP contribution in [0, 0.1) is 5.92 Å². The van der Waals surface area contributed by atoms with Crippen LogP contribution in [0.25, 0.3) is 0 Å². The summed E-state index contributed by atoms with van der Waals surface area (Å²) in [7, 11) is 3.51. The van der Waals surface area contributed by atoms with E-state index >= 15 is 0 Å². The Kier molecular flexibility index (Phi) is 7.56. The van der Waals surface area contributed by atoms with E-state index in [-0.39, 0.29) is 17.3 Å². The molecular formula is C25H34BrN3O3. The largest absolute Gasteiger partial charge is 0.497 e. The second-order valence-electron chi connectivity index (χ2n) is 9.36. The quantitative estimate of drug-likeness (QED) is 0.590. The number of piperidine rings is 1. The molecule has 2 heterocycles. The second kappa shape index (κ2) is 10.4. The lowest BCUT2D eigenvalue weighted by atomic mass is 9.90. The zero-order chi connectivity index (χ0) is 22.7. The monoisotopic (exact) mass is 503 g/mol. The van der Waals surface area contributed by atoms with Crippen molar-refractivity contribution in [2.75, 3.05) is 20.2 Å². The normalized spacial score (nSPS) is 18.7. The van der Waals surface area contributed by atoms with Crippen molar-refractivity contribution in [2.45, 2.75) is 64.0 Å². The van der Waals surface area contributed by atoms with Crippen molar-refractivity contribution in [1.29, 1.82) is 0 Å². The highest BCUT2D eigenvalue weighted by molar-refractivity contribution is 9.10. The van der Waals surface area contributed by atoms with Gasteiger partial charge in [0.25, 0.3) is 5.56 Å². The number of aromatic nitrogens is 2. The van der Waals surface area contributed by atoms with Gasteiger partial charge in [-0.25, -0.2) is 4.79 Å². The van der Waals surface area contributed by atoms with Gasteiger partial charge in [-0.3, -0.25) is 18.8 Å². The topological polar surface area (TPSA) is 56.5 Å². The van der Waals surface area contributed by atoms with E-state index in [2.05, 4.69) is 33.0 Å². The molecule has 6 nitrogen and oxygen atoms in total. The van der Waals surface area contributed by atoms with Crippen LogP contribution < -0.4 is 16.0 Å². The lowest BCUT2D eigenvalue weighted by Gasteiger charge is -2.32. The maximum Gasteiger partial charge on any atom is 0.331 e. The molecule has 1 aliphatic heterocycles. The van der Waals surface area contributed by atoms with Gasteiger partial charge >= 0.3 is 5.69 Å². The number of ether oxygens (including phenoxy) is 1. The van der Waals surface area contributed by atoms with E-state index in [4.69, 9.17) is 4.74 Å². The summed E-state index contributed by atoms with van der Waals surface area (Å²) >= 11 is 3.67. The Bertz CT molecular complexity index is 1050. The van der Waals surface area contributed by atoms with Gasteiger partial charge in [0, 0.05) is 35.9 Å². The standard InChI is InChI=1S/C25H34BrN3O3/c1-27-21(16-24(30)29(25(27)31)20-6-4-3-5-7-20)17-28-12-10-18(11-13-28)14-19-15-22(32-2)8-9-23(19)26/h8-9,15-16,18,20H,3-7,10-14,17H2,1-2H3. The Morgan fingerprint density at radius 2 is 1.75 bits per heavy atom. The zero-order valence-electron chi connectivity index (χ0n) is 19.2. The van der Waals surface area contributed by atoms with Gasteiger partial charge in [0.05, 0.1) is 7.11 Å². The highest BCUT2D eigenvalue weighted by atomic mass is 79.9. The molecule has 1 aromatic carbocycles. The molecule has 0 atom stereocenters. The fourth-order valence-electron chi connectivity index (χ4n) is 5.24. The average molecular weight is 504 g/mol. The van der Waals surface area contributed by atoms with Crippen molar-refractivity contribution in [3.05, 3.63) is 60.8 Å². The first-order chi connectivity index (χ1) is 15.5. The van der Waals surface area contributed by atoms with Crippen LogP contribution in [0.1, 0.15) is 62.2 Å². The lowest BCUT2D eigenvalue weighted by molar-refractivity contribution is 0.172. The van der Waals surface area contributed by atoms with Crippen LogP contribution >= 0.6 is 15.9 Å². The molecule has 174 valence electrons. The van der Waals surface area contributed by atoms with E-state index in [9.17, 15) is 9.59 Å². The Morgan fingerprint density at radius 1 is 1.03 bits per heavy atom. The van der Waals surface area contributed by atoms with E-state index in [0.717, 1.165) is 74.0 Å². The summed E-state index contributed by atoms with van der Waals surface area (Å²) in [6.45, 7) is 2.61. The molecule has 1 saturated heterocycles. The van der Waals surface area contributed by atoms with Crippen LogP contribution in [-0.4, -0.2) is 34.2 Å². The molecule has 0 radical (unpaired) electrons. The summed E-state index contributed by atoms with van der Waals surface area (Å²) in [6.07, 6.45) is 8.52.